The van der Waals surface area contributed by atoms with Crippen LogP contribution in [0.15, 0.2) is 66.7 Å². The topological polar surface area (TPSA) is 59.4 Å². The third-order valence-electron chi connectivity index (χ3n) is 6.00. The van der Waals surface area contributed by atoms with Crippen molar-refractivity contribution in [3.05, 3.63) is 111 Å². The maximum Gasteiger partial charge on any atom is 0.332 e. The smallest absolute Gasteiger partial charge is 0.332 e. The molecule has 0 saturated heterocycles. The van der Waals surface area contributed by atoms with Crippen LogP contribution >= 0.6 is 11.6 Å². The van der Waals surface area contributed by atoms with Gasteiger partial charge in [0.2, 0.25) is 0 Å². The Morgan fingerprint density at radius 2 is 1.80 bits per heavy atom. The third-order valence-corrected chi connectivity index (χ3v) is 6.29. The van der Waals surface area contributed by atoms with Crippen LogP contribution < -0.4 is 0 Å². The van der Waals surface area contributed by atoms with Crippen LogP contribution in [0, 0.1) is 5.82 Å². The van der Waals surface area contributed by atoms with E-state index in [0.29, 0.717) is 16.6 Å². The van der Waals surface area contributed by atoms with Crippen molar-refractivity contribution >= 4 is 52.8 Å². The van der Waals surface area contributed by atoms with Crippen LogP contribution in [0.4, 0.5) is 4.39 Å². The lowest BCUT2D eigenvalue weighted by molar-refractivity contribution is -0.151. The van der Waals surface area contributed by atoms with Gasteiger partial charge in [-0.2, -0.15) is 0 Å². The monoisotopic (exact) mass is 485 g/mol. The Morgan fingerprint density at radius 1 is 1.03 bits per heavy atom. The van der Waals surface area contributed by atoms with E-state index in [0.717, 1.165) is 27.8 Å². The maximum absolute atomic E-state index is 13.7. The predicted molar refractivity (Wildman–Crippen MR) is 137 cm³/mol. The number of rotatable bonds is 5. The summed E-state index contributed by atoms with van der Waals surface area (Å²) in [7, 11) is 0. The number of carboxylic acid groups (broad SMARTS) is 1. The highest BCUT2D eigenvalue weighted by Crippen LogP contribution is 2.37. The zero-order valence-corrected chi connectivity index (χ0v) is 19.5. The van der Waals surface area contributed by atoms with Crippen molar-refractivity contribution in [1.29, 1.82) is 0 Å². The summed E-state index contributed by atoms with van der Waals surface area (Å²) in [4.78, 5) is 16.1. The zero-order chi connectivity index (χ0) is 24.5. The van der Waals surface area contributed by atoms with E-state index in [1.807, 2.05) is 72.8 Å². The fourth-order valence-corrected chi connectivity index (χ4v) is 4.30. The molecule has 0 spiro atoms. The second-order valence-corrected chi connectivity index (χ2v) is 8.78. The highest BCUT2D eigenvalue weighted by molar-refractivity contribution is 6.31. The molecular formula is C29H21ClFNO3. The van der Waals surface area contributed by atoms with Gasteiger partial charge in [-0.15, -0.1) is 0 Å². The summed E-state index contributed by atoms with van der Waals surface area (Å²) in [5.41, 5.74) is 5.96. The fraction of sp³-hybridized carbons (Fsp3) is 0.103. The van der Waals surface area contributed by atoms with Crippen LogP contribution in [-0.2, 0) is 9.53 Å². The Balaban J connectivity index is 1.52. The summed E-state index contributed by atoms with van der Waals surface area (Å²) in [5.74, 6) is -1.49. The Labute approximate surface area is 207 Å². The fourth-order valence-electron chi connectivity index (χ4n) is 4.14. The van der Waals surface area contributed by atoms with E-state index in [1.165, 1.54) is 19.1 Å². The van der Waals surface area contributed by atoms with E-state index in [2.05, 4.69) is 4.98 Å². The average Bonchev–Trinajstić information content (AvgIpc) is 3.00. The van der Waals surface area contributed by atoms with Crippen molar-refractivity contribution in [2.75, 3.05) is 0 Å². The lowest BCUT2D eigenvalue weighted by Gasteiger charge is -2.23. The molecule has 35 heavy (non-hydrogen) atoms. The Hall–Kier alpha value is -3.80. The molecule has 1 aliphatic rings. The Morgan fingerprint density at radius 3 is 2.60 bits per heavy atom. The van der Waals surface area contributed by atoms with Crippen molar-refractivity contribution in [1.82, 2.24) is 4.98 Å². The first kappa shape index (κ1) is 23.0. The molecule has 0 radical (unpaired) electrons. The molecule has 0 amide bonds. The van der Waals surface area contributed by atoms with E-state index in [9.17, 15) is 14.3 Å². The van der Waals surface area contributed by atoms with Gasteiger partial charge in [-0.25, -0.2) is 14.2 Å². The predicted octanol–water partition coefficient (Wildman–Crippen LogP) is 7.26. The molecule has 1 heterocycles. The van der Waals surface area contributed by atoms with Crippen molar-refractivity contribution in [3.63, 3.8) is 0 Å². The number of aliphatic carboxylic acids is 1. The Bertz CT molecular complexity index is 1510. The van der Waals surface area contributed by atoms with E-state index in [-0.39, 0.29) is 5.02 Å². The van der Waals surface area contributed by atoms with Gasteiger partial charge in [0.25, 0.3) is 0 Å². The molecule has 5 rings (SSSR count). The quantitative estimate of drug-likeness (QED) is 0.323. The van der Waals surface area contributed by atoms with Gasteiger partial charge in [0, 0.05) is 5.39 Å². The largest absolute Gasteiger partial charge is 0.479 e. The van der Waals surface area contributed by atoms with Gasteiger partial charge < -0.3 is 9.84 Å². The van der Waals surface area contributed by atoms with Crippen molar-refractivity contribution < 1.29 is 19.0 Å². The molecule has 0 fully saturated rings. The second kappa shape index (κ2) is 9.45. The van der Waals surface area contributed by atoms with E-state index >= 15 is 0 Å². The van der Waals surface area contributed by atoms with Crippen molar-refractivity contribution in [2.45, 2.75) is 19.1 Å². The van der Waals surface area contributed by atoms with E-state index < -0.39 is 24.0 Å². The van der Waals surface area contributed by atoms with Crippen LogP contribution in [0.1, 0.15) is 46.5 Å². The molecule has 1 aliphatic carbocycles. The molecule has 4 aromatic rings. The molecule has 1 unspecified atom stereocenters. The standard InChI is InChI=1S/C29H21ClFNO3/c1-17(29(33)34)35-28-23-5-3-2-4-19(23)9-10-20-8-6-18(14-24(20)28)7-12-22-13-11-21-15-26(31)25(30)16-27(21)32-22/h2-17,28H,1H3,(H,33,34)/b12-7+/t17-,28?/m0/s1. The number of ether oxygens (including phenoxy) is 1. The molecule has 1 aromatic heterocycles. The Kier molecular flexibility index (Phi) is 6.20. The van der Waals surface area contributed by atoms with Gasteiger partial charge >= 0.3 is 5.97 Å². The minimum absolute atomic E-state index is 0.0341. The summed E-state index contributed by atoms with van der Waals surface area (Å²) in [5, 5.41) is 10.2. The summed E-state index contributed by atoms with van der Waals surface area (Å²) >= 11 is 5.91. The van der Waals surface area contributed by atoms with Crippen LogP contribution in [0.2, 0.25) is 5.02 Å². The van der Waals surface area contributed by atoms with Crippen LogP contribution in [-0.4, -0.2) is 22.2 Å². The highest BCUT2D eigenvalue weighted by Gasteiger charge is 2.26. The van der Waals surface area contributed by atoms with E-state index in [4.69, 9.17) is 16.3 Å². The number of halogens is 2. The molecule has 3 aromatic carbocycles. The molecule has 0 bridgehead atoms. The highest BCUT2D eigenvalue weighted by atomic mass is 35.5. The zero-order valence-electron chi connectivity index (χ0n) is 18.8. The molecular weight excluding hydrogens is 465 g/mol. The number of hydrogen-bond donors (Lipinski definition) is 1. The van der Waals surface area contributed by atoms with Gasteiger partial charge in [-0.05, 0) is 65.1 Å². The minimum atomic E-state index is -1.01. The number of pyridine rings is 1. The lowest BCUT2D eigenvalue weighted by atomic mass is 9.94. The van der Waals surface area contributed by atoms with Gasteiger partial charge in [0.05, 0.1) is 16.2 Å². The number of benzene rings is 3. The number of fused-ring (bicyclic) bond motifs is 3. The molecule has 1 N–H and O–H groups in total. The SMILES string of the molecule is C[C@H](OC1c2ccccc2C=Cc2ccc(/C=C/c3ccc4cc(F)c(Cl)cc4n3)cc21)C(=O)O. The van der Waals surface area contributed by atoms with Gasteiger partial charge in [0.1, 0.15) is 11.9 Å². The normalized spacial score (nSPS) is 15.6. The molecule has 0 aliphatic heterocycles. The van der Waals surface area contributed by atoms with Crippen LogP contribution in [0.25, 0.3) is 35.2 Å². The summed E-state index contributed by atoms with van der Waals surface area (Å²) in [6.45, 7) is 1.54. The van der Waals surface area contributed by atoms with Crippen LogP contribution in [0.3, 0.4) is 0 Å². The molecule has 174 valence electrons. The summed E-state index contributed by atoms with van der Waals surface area (Å²) in [6, 6.07) is 20.3. The van der Waals surface area contributed by atoms with Gasteiger partial charge in [-0.3, -0.25) is 0 Å². The summed E-state index contributed by atoms with van der Waals surface area (Å²) in [6.07, 6.45) is 6.32. The molecule has 2 atom stereocenters. The second-order valence-electron chi connectivity index (χ2n) is 8.38. The molecule has 6 heteroatoms. The van der Waals surface area contributed by atoms with Crippen molar-refractivity contribution in [3.8, 4) is 0 Å². The maximum atomic E-state index is 13.7. The molecule has 4 nitrogen and oxygen atoms in total. The van der Waals surface area contributed by atoms with E-state index in [1.54, 1.807) is 6.07 Å². The number of carbonyl (C=O) groups is 1. The van der Waals surface area contributed by atoms with Crippen molar-refractivity contribution in [2.24, 2.45) is 0 Å². The lowest BCUT2D eigenvalue weighted by Crippen LogP contribution is -2.23. The first-order valence-electron chi connectivity index (χ1n) is 11.1. The third kappa shape index (κ3) is 4.74. The number of nitrogens with zero attached hydrogens (tertiary/aromatic N) is 1. The van der Waals surface area contributed by atoms with Crippen LogP contribution in [0.5, 0.6) is 0 Å². The summed E-state index contributed by atoms with van der Waals surface area (Å²) < 4.78 is 19.8. The average molecular weight is 486 g/mol. The first-order chi connectivity index (χ1) is 16.9. The minimum Gasteiger partial charge on any atom is -0.479 e. The number of carboxylic acids is 1. The first-order valence-corrected chi connectivity index (χ1v) is 11.5. The number of aromatic nitrogens is 1. The van der Waals surface area contributed by atoms with Gasteiger partial charge in [0.15, 0.2) is 6.10 Å². The molecule has 0 saturated carbocycles. The number of hydrogen-bond acceptors (Lipinski definition) is 3. The van der Waals surface area contributed by atoms with Gasteiger partial charge in [-0.1, -0.05) is 72.3 Å².